The van der Waals surface area contributed by atoms with Gasteiger partial charge in [0.25, 0.3) is 0 Å². The third kappa shape index (κ3) is 2.76. The van der Waals surface area contributed by atoms with Crippen LogP contribution in [0.15, 0.2) is 18.2 Å². The molecule has 2 nitrogen and oxygen atoms in total. The highest BCUT2D eigenvalue weighted by Crippen LogP contribution is 2.69. The van der Waals surface area contributed by atoms with Gasteiger partial charge in [0.1, 0.15) is 0 Å². The zero-order chi connectivity index (χ0) is 23.7. The van der Waals surface area contributed by atoms with E-state index in [1.54, 1.807) is 0 Å². The summed E-state index contributed by atoms with van der Waals surface area (Å²) >= 11 is 11.0. The van der Waals surface area contributed by atoms with Crippen molar-refractivity contribution in [3.63, 3.8) is 0 Å². The summed E-state index contributed by atoms with van der Waals surface area (Å²) in [5.41, 5.74) is -7.66. The second-order valence-corrected chi connectivity index (χ2v) is 7.08. The Hall–Kier alpha value is -1.63. The van der Waals surface area contributed by atoms with Crippen LogP contribution in [0.25, 0.3) is 0 Å². The van der Waals surface area contributed by atoms with Crippen LogP contribution in [0, 0.1) is 0 Å². The van der Waals surface area contributed by atoms with Crippen LogP contribution in [0.3, 0.4) is 0 Å². The van der Waals surface area contributed by atoms with Crippen LogP contribution in [-0.4, -0.2) is 46.8 Å². The van der Waals surface area contributed by atoms with Gasteiger partial charge < -0.3 is 0 Å². The second kappa shape index (κ2) is 6.68. The second-order valence-electron chi connectivity index (χ2n) is 6.21. The van der Waals surface area contributed by atoms with Gasteiger partial charge in [-0.25, -0.2) is 4.39 Å². The highest BCUT2D eigenvalue weighted by atomic mass is 35.5. The number of ketones is 2. The SMILES string of the molecule is O=C(CC(=O)C1(F)C(F)(F)C(F)(F)C(F)(F)C(F)(F)C1(F)F)c1cc(Cl)cc(Cl)c1. The van der Waals surface area contributed by atoms with Crippen LogP contribution in [-0.2, 0) is 4.79 Å². The first kappa shape index (κ1) is 24.6. The van der Waals surface area contributed by atoms with E-state index in [-0.39, 0.29) is 10.0 Å². The Balaban J connectivity index is 2.61. The summed E-state index contributed by atoms with van der Waals surface area (Å²) in [5.74, 6) is -42.3. The van der Waals surface area contributed by atoms with Crippen LogP contribution < -0.4 is 0 Å². The zero-order valence-corrected chi connectivity index (χ0v) is 15.2. The van der Waals surface area contributed by atoms with E-state index < -0.39 is 58.8 Å². The van der Waals surface area contributed by atoms with E-state index >= 15 is 0 Å². The highest BCUT2D eigenvalue weighted by molar-refractivity contribution is 6.35. The van der Waals surface area contributed by atoms with Gasteiger partial charge in [0.15, 0.2) is 11.6 Å². The number of carbonyl (C=O) groups excluding carboxylic acids is 2. The molecule has 1 aliphatic carbocycles. The summed E-state index contributed by atoms with van der Waals surface area (Å²) in [6.45, 7) is 0. The maximum atomic E-state index is 14.5. The molecule has 0 radical (unpaired) electrons. The molecule has 0 unspecified atom stereocenters. The molecule has 2 rings (SSSR count). The molecule has 0 saturated heterocycles. The minimum Gasteiger partial charge on any atom is -0.295 e. The van der Waals surface area contributed by atoms with Gasteiger partial charge >= 0.3 is 35.3 Å². The Labute approximate surface area is 168 Å². The minimum atomic E-state index is -7.45. The first-order valence-corrected chi connectivity index (χ1v) is 8.06. The van der Waals surface area contributed by atoms with Crippen LogP contribution in [0.2, 0.25) is 10.0 Å². The molecule has 0 atom stereocenters. The topological polar surface area (TPSA) is 34.1 Å². The fraction of sp³-hybridized carbons (Fsp3) is 0.467. The van der Waals surface area contributed by atoms with Crippen molar-refractivity contribution >= 4 is 34.8 Å². The molecule has 0 aromatic heterocycles. The monoisotopic (exact) mass is 496 g/mol. The average molecular weight is 497 g/mol. The van der Waals surface area contributed by atoms with Crippen molar-refractivity contribution < 1.29 is 57.9 Å². The van der Waals surface area contributed by atoms with E-state index in [4.69, 9.17) is 23.2 Å². The van der Waals surface area contributed by atoms with Gasteiger partial charge in [-0.15, -0.1) is 0 Å². The van der Waals surface area contributed by atoms with Gasteiger partial charge in [0.2, 0.25) is 0 Å². The van der Waals surface area contributed by atoms with E-state index in [2.05, 4.69) is 0 Å². The number of rotatable bonds is 4. The molecule has 1 fully saturated rings. The maximum absolute atomic E-state index is 14.5. The summed E-state index contributed by atoms with van der Waals surface area (Å²) in [6, 6.07) is 2.33. The first-order valence-electron chi connectivity index (χ1n) is 7.30. The summed E-state index contributed by atoms with van der Waals surface area (Å²) in [7, 11) is 0. The normalized spacial score (nSPS) is 24.8. The highest BCUT2D eigenvalue weighted by Gasteiger charge is 3.02. The van der Waals surface area contributed by atoms with Crippen LogP contribution in [0.1, 0.15) is 16.8 Å². The number of alkyl halides is 11. The van der Waals surface area contributed by atoms with Crippen LogP contribution >= 0.6 is 23.2 Å². The fourth-order valence-electron chi connectivity index (χ4n) is 2.66. The van der Waals surface area contributed by atoms with Gasteiger partial charge in [-0.2, -0.15) is 43.9 Å². The molecular formula is C15H5Cl2F11O2. The molecule has 0 spiro atoms. The Morgan fingerprint density at radius 2 is 0.967 bits per heavy atom. The molecule has 0 amide bonds. The predicted octanol–water partition coefficient (Wildman–Crippen LogP) is 6.03. The molecule has 1 aliphatic rings. The Morgan fingerprint density at radius 3 is 1.33 bits per heavy atom. The summed E-state index contributed by atoms with van der Waals surface area (Å²) < 4.78 is 150. The van der Waals surface area contributed by atoms with Crippen molar-refractivity contribution in [2.24, 2.45) is 0 Å². The third-order valence-electron chi connectivity index (χ3n) is 4.33. The molecule has 1 saturated carbocycles. The van der Waals surface area contributed by atoms with Crippen LogP contribution in [0.4, 0.5) is 48.3 Å². The van der Waals surface area contributed by atoms with Crippen molar-refractivity contribution in [1.29, 1.82) is 0 Å². The van der Waals surface area contributed by atoms with Gasteiger partial charge in [-0.05, 0) is 18.2 Å². The molecule has 0 N–H and O–H groups in total. The van der Waals surface area contributed by atoms with Gasteiger partial charge in [0.05, 0.1) is 6.42 Å². The number of hydrogen-bond acceptors (Lipinski definition) is 2. The Morgan fingerprint density at radius 1 is 0.633 bits per heavy atom. The van der Waals surface area contributed by atoms with Crippen molar-refractivity contribution in [2.75, 3.05) is 0 Å². The lowest BCUT2D eigenvalue weighted by atomic mass is 9.69. The Bertz CT molecular complexity index is 864. The van der Waals surface area contributed by atoms with Crippen LogP contribution in [0.5, 0.6) is 0 Å². The smallest absolute Gasteiger partial charge is 0.295 e. The van der Waals surface area contributed by atoms with E-state index in [9.17, 15) is 57.9 Å². The first-order chi connectivity index (χ1) is 13.2. The molecule has 1 aromatic rings. The molecular weight excluding hydrogens is 492 g/mol. The van der Waals surface area contributed by atoms with E-state index in [1.807, 2.05) is 0 Å². The Kier molecular flexibility index (Phi) is 5.49. The summed E-state index contributed by atoms with van der Waals surface area (Å²) in [5, 5.41) is -0.668. The molecule has 0 aliphatic heterocycles. The number of halogens is 13. The molecule has 168 valence electrons. The molecule has 0 bridgehead atoms. The fourth-order valence-corrected chi connectivity index (χ4v) is 3.18. The predicted molar refractivity (Wildman–Crippen MR) is 79.0 cm³/mol. The quantitative estimate of drug-likeness (QED) is 0.289. The lowest BCUT2D eigenvalue weighted by molar-refractivity contribution is -0.476. The number of benzene rings is 1. The van der Waals surface area contributed by atoms with E-state index in [1.165, 1.54) is 0 Å². The van der Waals surface area contributed by atoms with Gasteiger partial charge in [-0.3, -0.25) is 9.59 Å². The largest absolute Gasteiger partial charge is 0.384 e. The molecule has 0 heterocycles. The van der Waals surface area contributed by atoms with Gasteiger partial charge in [-0.1, -0.05) is 23.2 Å². The zero-order valence-electron chi connectivity index (χ0n) is 13.7. The van der Waals surface area contributed by atoms with Crippen molar-refractivity contribution in [2.45, 2.75) is 41.7 Å². The van der Waals surface area contributed by atoms with Crippen molar-refractivity contribution in [3.05, 3.63) is 33.8 Å². The molecule has 30 heavy (non-hydrogen) atoms. The summed E-state index contributed by atoms with van der Waals surface area (Å²) in [4.78, 5) is 23.7. The standard InChI is InChI=1S/C15H5Cl2F11O2/c16-6-1-5(2-7(17)3-6)8(29)4-9(30)10(18)11(19,20)13(23,24)15(27,28)14(25,26)12(10,21)22/h1-3H,4H2. The average Bonchev–Trinajstić information content (AvgIpc) is 2.58. The molecule has 15 heteroatoms. The maximum Gasteiger partial charge on any atom is 0.384 e. The summed E-state index contributed by atoms with van der Waals surface area (Å²) in [6.07, 6.45) is -2.41. The number of Topliss-reactive ketones (excluding diaryl/α,β-unsaturated/α-hetero) is 2. The number of hydrogen-bond donors (Lipinski definition) is 0. The van der Waals surface area contributed by atoms with E-state index in [0.717, 1.165) is 6.07 Å². The van der Waals surface area contributed by atoms with Crippen molar-refractivity contribution in [1.82, 2.24) is 0 Å². The van der Waals surface area contributed by atoms with Crippen molar-refractivity contribution in [3.8, 4) is 0 Å². The number of carbonyl (C=O) groups is 2. The molecule has 1 aromatic carbocycles. The lowest BCUT2D eigenvalue weighted by Gasteiger charge is -2.51. The third-order valence-corrected chi connectivity index (χ3v) is 4.77. The van der Waals surface area contributed by atoms with E-state index in [0.29, 0.717) is 12.1 Å². The van der Waals surface area contributed by atoms with Gasteiger partial charge in [0, 0.05) is 15.6 Å². The minimum absolute atomic E-state index is 0.334. The lowest BCUT2D eigenvalue weighted by Crippen LogP contribution is -2.85.